The Labute approximate surface area is 194 Å². The van der Waals surface area contributed by atoms with Crippen LogP contribution in [0.15, 0.2) is 42.5 Å². The van der Waals surface area contributed by atoms with Crippen molar-refractivity contribution < 1.29 is 19.5 Å². The molecule has 3 N–H and O–H groups in total. The van der Waals surface area contributed by atoms with Crippen molar-refractivity contribution in [3.05, 3.63) is 59.2 Å². The standard InChI is InChI=1S/C25H32N4O4/c1-17-6-5-7-18(14-17)23(31)26-21-9-8-19(15-20(21)24(32)33)29-12-10-28(11-13-29)16-22(30)27-25(2,3)4/h5-9,14-15H,10-13,16H2,1-4H3,(H,26,31)(H,27,30)(H,32,33). The first-order valence-electron chi connectivity index (χ1n) is 11.1. The Balaban J connectivity index is 1.65. The number of nitrogens with zero attached hydrogens (tertiary/aromatic N) is 2. The molecular formula is C25H32N4O4. The minimum Gasteiger partial charge on any atom is -0.478 e. The minimum atomic E-state index is -1.10. The fraction of sp³-hybridized carbons (Fsp3) is 0.400. The first-order chi connectivity index (χ1) is 15.5. The van der Waals surface area contributed by atoms with Crippen LogP contribution in [0.5, 0.6) is 0 Å². The molecule has 0 saturated carbocycles. The van der Waals surface area contributed by atoms with E-state index in [2.05, 4.69) is 20.4 Å². The molecule has 1 heterocycles. The van der Waals surface area contributed by atoms with E-state index in [0.29, 0.717) is 38.3 Å². The van der Waals surface area contributed by atoms with Gasteiger partial charge in [-0.2, -0.15) is 0 Å². The van der Waals surface area contributed by atoms with Gasteiger partial charge in [0.05, 0.1) is 17.8 Å². The maximum atomic E-state index is 12.6. The first-order valence-corrected chi connectivity index (χ1v) is 11.1. The normalized spacial score (nSPS) is 14.6. The van der Waals surface area contributed by atoms with Crippen LogP contribution in [0.1, 0.15) is 47.1 Å². The molecule has 0 unspecified atom stereocenters. The van der Waals surface area contributed by atoms with Crippen molar-refractivity contribution in [2.75, 3.05) is 42.9 Å². The van der Waals surface area contributed by atoms with Crippen LogP contribution >= 0.6 is 0 Å². The second kappa shape index (κ2) is 10.0. The molecular weight excluding hydrogens is 420 g/mol. The largest absolute Gasteiger partial charge is 0.478 e. The van der Waals surface area contributed by atoms with E-state index in [-0.39, 0.29) is 28.6 Å². The zero-order valence-electron chi connectivity index (χ0n) is 19.6. The molecule has 2 aromatic carbocycles. The van der Waals surface area contributed by atoms with Crippen LogP contribution in [0, 0.1) is 6.92 Å². The van der Waals surface area contributed by atoms with E-state index in [1.165, 1.54) is 0 Å². The zero-order chi connectivity index (χ0) is 24.2. The topological polar surface area (TPSA) is 102 Å². The van der Waals surface area contributed by atoms with Gasteiger partial charge in [-0.1, -0.05) is 17.7 Å². The maximum absolute atomic E-state index is 12.6. The lowest BCUT2D eigenvalue weighted by molar-refractivity contribution is -0.123. The van der Waals surface area contributed by atoms with Gasteiger partial charge in [0.2, 0.25) is 5.91 Å². The highest BCUT2D eigenvalue weighted by atomic mass is 16.4. The zero-order valence-corrected chi connectivity index (χ0v) is 19.6. The Bertz CT molecular complexity index is 1040. The van der Waals surface area contributed by atoms with Gasteiger partial charge in [0.25, 0.3) is 5.91 Å². The number of piperazine rings is 1. The van der Waals surface area contributed by atoms with Crippen molar-refractivity contribution in [1.29, 1.82) is 0 Å². The fourth-order valence-corrected chi connectivity index (χ4v) is 3.82. The number of carboxylic acid groups (broad SMARTS) is 1. The van der Waals surface area contributed by atoms with E-state index in [0.717, 1.165) is 11.3 Å². The number of aromatic carboxylic acids is 1. The molecule has 0 aromatic heterocycles. The number of hydrogen-bond acceptors (Lipinski definition) is 5. The summed E-state index contributed by atoms with van der Waals surface area (Å²) in [5.41, 5.74) is 2.24. The van der Waals surface area contributed by atoms with Crippen LogP contribution in [0.3, 0.4) is 0 Å². The summed E-state index contributed by atoms with van der Waals surface area (Å²) in [5, 5.41) is 15.4. The minimum absolute atomic E-state index is 0.00202. The molecule has 0 bridgehead atoms. The van der Waals surface area contributed by atoms with E-state index >= 15 is 0 Å². The Hall–Kier alpha value is -3.39. The summed E-state index contributed by atoms with van der Waals surface area (Å²) in [4.78, 5) is 40.8. The molecule has 1 saturated heterocycles. The quantitative estimate of drug-likeness (QED) is 0.623. The summed E-state index contributed by atoms with van der Waals surface area (Å²) in [6, 6.07) is 12.2. The second-order valence-corrected chi connectivity index (χ2v) is 9.42. The number of carbonyl (C=O) groups is 3. The van der Waals surface area contributed by atoms with Gasteiger partial charge in [-0.3, -0.25) is 14.5 Å². The van der Waals surface area contributed by atoms with E-state index in [9.17, 15) is 19.5 Å². The van der Waals surface area contributed by atoms with Gasteiger partial charge in [0, 0.05) is 43.0 Å². The SMILES string of the molecule is Cc1cccc(C(=O)Nc2ccc(N3CCN(CC(=O)NC(C)(C)C)CC3)cc2C(=O)O)c1. The maximum Gasteiger partial charge on any atom is 0.337 e. The molecule has 1 aliphatic heterocycles. The van der Waals surface area contributed by atoms with Crippen LogP contribution in [0.25, 0.3) is 0 Å². The molecule has 176 valence electrons. The van der Waals surface area contributed by atoms with E-state index in [1.54, 1.807) is 30.3 Å². The fourth-order valence-electron chi connectivity index (χ4n) is 3.82. The number of aryl methyl sites for hydroxylation is 1. The predicted molar refractivity (Wildman–Crippen MR) is 129 cm³/mol. The van der Waals surface area contributed by atoms with Gasteiger partial charge < -0.3 is 20.6 Å². The summed E-state index contributed by atoms with van der Waals surface area (Å²) < 4.78 is 0. The number of benzene rings is 2. The number of hydrogen-bond donors (Lipinski definition) is 3. The summed E-state index contributed by atoms with van der Waals surface area (Å²) in [7, 11) is 0. The number of carboxylic acids is 1. The molecule has 8 nitrogen and oxygen atoms in total. The van der Waals surface area contributed by atoms with Gasteiger partial charge >= 0.3 is 5.97 Å². The number of rotatable bonds is 6. The average molecular weight is 453 g/mol. The van der Waals surface area contributed by atoms with Gasteiger partial charge in [-0.15, -0.1) is 0 Å². The molecule has 1 aliphatic rings. The van der Waals surface area contributed by atoms with Gasteiger partial charge in [0.15, 0.2) is 0 Å². The van der Waals surface area contributed by atoms with E-state index in [4.69, 9.17) is 0 Å². The Morgan fingerprint density at radius 2 is 1.70 bits per heavy atom. The molecule has 0 radical (unpaired) electrons. The highest BCUT2D eigenvalue weighted by molar-refractivity contribution is 6.08. The third kappa shape index (κ3) is 6.79. The molecule has 2 amide bonds. The number of carbonyl (C=O) groups excluding carboxylic acids is 2. The number of anilines is 2. The van der Waals surface area contributed by atoms with Gasteiger partial charge in [-0.25, -0.2) is 4.79 Å². The number of nitrogens with one attached hydrogen (secondary N) is 2. The summed E-state index contributed by atoms with van der Waals surface area (Å²) >= 11 is 0. The molecule has 0 aliphatic carbocycles. The highest BCUT2D eigenvalue weighted by Gasteiger charge is 2.23. The average Bonchev–Trinajstić information content (AvgIpc) is 2.73. The van der Waals surface area contributed by atoms with Crippen molar-refractivity contribution in [2.24, 2.45) is 0 Å². The molecule has 0 atom stereocenters. The molecule has 0 spiro atoms. The van der Waals surface area contributed by atoms with E-state index in [1.807, 2.05) is 39.8 Å². The van der Waals surface area contributed by atoms with Crippen LogP contribution in [0.2, 0.25) is 0 Å². The third-order valence-corrected chi connectivity index (χ3v) is 5.38. The predicted octanol–water partition coefficient (Wildman–Crippen LogP) is 2.98. The smallest absolute Gasteiger partial charge is 0.337 e. The van der Waals surface area contributed by atoms with Crippen LogP contribution < -0.4 is 15.5 Å². The van der Waals surface area contributed by atoms with Crippen molar-refractivity contribution >= 4 is 29.2 Å². The second-order valence-electron chi connectivity index (χ2n) is 9.42. The molecule has 33 heavy (non-hydrogen) atoms. The highest BCUT2D eigenvalue weighted by Crippen LogP contribution is 2.25. The molecule has 3 rings (SSSR count). The summed E-state index contributed by atoms with van der Waals surface area (Å²) in [6.07, 6.45) is 0. The van der Waals surface area contributed by atoms with Gasteiger partial charge in [-0.05, 0) is 58.0 Å². The first kappa shape index (κ1) is 24.3. The lowest BCUT2D eigenvalue weighted by Gasteiger charge is -2.36. The van der Waals surface area contributed by atoms with Crippen molar-refractivity contribution in [2.45, 2.75) is 33.2 Å². The Morgan fingerprint density at radius 3 is 2.30 bits per heavy atom. The van der Waals surface area contributed by atoms with E-state index < -0.39 is 5.97 Å². The van der Waals surface area contributed by atoms with Crippen LogP contribution in [-0.2, 0) is 4.79 Å². The third-order valence-electron chi connectivity index (χ3n) is 5.38. The van der Waals surface area contributed by atoms with Crippen LogP contribution in [-0.4, -0.2) is 66.1 Å². The molecule has 1 fully saturated rings. The van der Waals surface area contributed by atoms with Crippen LogP contribution in [0.4, 0.5) is 11.4 Å². The van der Waals surface area contributed by atoms with Crippen molar-refractivity contribution in [3.63, 3.8) is 0 Å². The summed E-state index contributed by atoms with van der Waals surface area (Å²) in [5.74, 6) is -1.46. The monoisotopic (exact) mass is 452 g/mol. The molecule has 2 aromatic rings. The van der Waals surface area contributed by atoms with Crippen molar-refractivity contribution in [3.8, 4) is 0 Å². The lowest BCUT2D eigenvalue weighted by Crippen LogP contribution is -2.51. The van der Waals surface area contributed by atoms with Gasteiger partial charge in [0.1, 0.15) is 0 Å². The van der Waals surface area contributed by atoms with Crippen molar-refractivity contribution in [1.82, 2.24) is 10.2 Å². The Morgan fingerprint density at radius 1 is 1.00 bits per heavy atom. The molecule has 8 heteroatoms. The lowest BCUT2D eigenvalue weighted by atomic mass is 10.1. The Kier molecular flexibility index (Phi) is 7.38. The number of amides is 2. The summed E-state index contributed by atoms with van der Waals surface area (Å²) in [6.45, 7) is 10.9.